The zero-order chi connectivity index (χ0) is 21.6. The van der Waals surface area contributed by atoms with Crippen LogP contribution in [0.5, 0.6) is 0 Å². The number of amides is 1. The molecular formula is C24H39N5O. The summed E-state index contributed by atoms with van der Waals surface area (Å²) >= 11 is 0. The van der Waals surface area contributed by atoms with Gasteiger partial charge < -0.3 is 15.1 Å². The van der Waals surface area contributed by atoms with Crippen molar-refractivity contribution in [2.45, 2.75) is 52.0 Å². The van der Waals surface area contributed by atoms with E-state index in [0.29, 0.717) is 5.91 Å². The number of piperazine rings is 1. The van der Waals surface area contributed by atoms with E-state index < -0.39 is 0 Å². The van der Waals surface area contributed by atoms with Crippen LogP contribution in [0.15, 0.2) is 35.3 Å². The minimum absolute atomic E-state index is 0.0135. The van der Waals surface area contributed by atoms with Crippen LogP contribution in [0.2, 0.25) is 0 Å². The summed E-state index contributed by atoms with van der Waals surface area (Å²) in [5, 5.41) is 3.47. The molecule has 1 N–H and O–H groups in total. The maximum absolute atomic E-state index is 12.7. The van der Waals surface area contributed by atoms with Gasteiger partial charge in [0.2, 0.25) is 5.91 Å². The summed E-state index contributed by atoms with van der Waals surface area (Å²) in [6.45, 7) is 15.7. The van der Waals surface area contributed by atoms with Crippen LogP contribution in [0.1, 0.15) is 46.1 Å². The van der Waals surface area contributed by atoms with Crippen molar-refractivity contribution in [1.82, 2.24) is 20.0 Å². The van der Waals surface area contributed by atoms with Crippen molar-refractivity contribution in [2.75, 3.05) is 52.4 Å². The van der Waals surface area contributed by atoms with Gasteiger partial charge in [-0.1, -0.05) is 44.2 Å². The number of rotatable bonds is 6. The SMILES string of the molecule is CCNC(=NCC(C)(C)c1ccccc1)N1CCN(C(C)C(=O)N2CCCC2)CC1. The Kier molecular flexibility index (Phi) is 7.75. The van der Waals surface area contributed by atoms with Crippen LogP contribution in [-0.2, 0) is 10.2 Å². The van der Waals surface area contributed by atoms with Gasteiger partial charge in [0.25, 0.3) is 0 Å². The molecule has 30 heavy (non-hydrogen) atoms. The van der Waals surface area contributed by atoms with Crippen molar-refractivity contribution in [2.24, 2.45) is 4.99 Å². The lowest BCUT2D eigenvalue weighted by atomic mass is 9.85. The first-order chi connectivity index (χ1) is 14.4. The quantitative estimate of drug-likeness (QED) is 0.575. The highest BCUT2D eigenvalue weighted by atomic mass is 16.2. The second kappa shape index (κ2) is 10.3. The fraction of sp³-hybridized carbons (Fsp3) is 0.667. The van der Waals surface area contributed by atoms with E-state index >= 15 is 0 Å². The summed E-state index contributed by atoms with van der Waals surface area (Å²) in [6.07, 6.45) is 2.29. The molecule has 6 nitrogen and oxygen atoms in total. The highest BCUT2D eigenvalue weighted by Gasteiger charge is 2.30. The molecule has 1 unspecified atom stereocenters. The molecule has 6 heteroatoms. The number of likely N-dealkylation sites (tertiary alicyclic amines) is 1. The molecule has 166 valence electrons. The van der Waals surface area contributed by atoms with Gasteiger partial charge in [0, 0.05) is 51.2 Å². The van der Waals surface area contributed by atoms with E-state index in [1.165, 1.54) is 5.56 Å². The molecular weight excluding hydrogens is 374 g/mol. The summed E-state index contributed by atoms with van der Waals surface area (Å²) in [6, 6.07) is 10.6. The smallest absolute Gasteiger partial charge is 0.239 e. The molecule has 0 spiro atoms. The molecule has 0 aliphatic carbocycles. The van der Waals surface area contributed by atoms with Crippen LogP contribution in [0.25, 0.3) is 0 Å². The fourth-order valence-corrected chi connectivity index (χ4v) is 4.36. The third kappa shape index (κ3) is 5.54. The van der Waals surface area contributed by atoms with Gasteiger partial charge in [0.15, 0.2) is 5.96 Å². The lowest BCUT2D eigenvalue weighted by Gasteiger charge is -2.39. The minimum Gasteiger partial charge on any atom is -0.357 e. The molecule has 1 atom stereocenters. The van der Waals surface area contributed by atoms with E-state index in [1.54, 1.807) is 0 Å². The Morgan fingerprint density at radius 2 is 1.67 bits per heavy atom. The van der Waals surface area contributed by atoms with Gasteiger partial charge in [-0.2, -0.15) is 0 Å². The van der Waals surface area contributed by atoms with Crippen LogP contribution in [0.4, 0.5) is 0 Å². The molecule has 2 fully saturated rings. The van der Waals surface area contributed by atoms with Crippen molar-refractivity contribution < 1.29 is 4.79 Å². The predicted octanol–water partition coefficient (Wildman–Crippen LogP) is 2.56. The van der Waals surface area contributed by atoms with E-state index in [2.05, 4.69) is 73.1 Å². The molecule has 2 heterocycles. The summed E-state index contributed by atoms with van der Waals surface area (Å²) in [7, 11) is 0. The number of aliphatic imine (C=N–C) groups is 1. The van der Waals surface area contributed by atoms with Gasteiger partial charge in [0.1, 0.15) is 0 Å². The van der Waals surface area contributed by atoms with E-state index in [0.717, 1.165) is 71.2 Å². The summed E-state index contributed by atoms with van der Waals surface area (Å²) in [5.41, 5.74) is 1.30. The minimum atomic E-state index is -0.0261. The highest BCUT2D eigenvalue weighted by molar-refractivity contribution is 5.82. The number of hydrogen-bond acceptors (Lipinski definition) is 3. The summed E-state index contributed by atoms with van der Waals surface area (Å²) in [5.74, 6) is 1.28. The number of carbonyl (C=O) groups is 1. The van der Waals surface area contributed by atoms with Crippen LogP contribution < -0.4 is 5.32 Å². The first-order valence-electron chi connectivity index (χ1n) is 11.5. The fourth-order valence-electron chi connectivity index (χ4n) is 4.36. The number of benzene rings is 1. The van der Waals surface area contributed by atoms with Crippen LogP contribution in [0.3, 0.4) is 0 Å². The summed E-state index contributed by atoms with van der Waals surface area (Å²) < 4.78 is 0. The monoisotopic (exact) mass is 413 g/mol. The standard InChI is InChI=1S/C24H39N5O/c1-5-25-23(26-19-24(3,4)21-11-7-6-8-12-21)29-17-15-27(16-18-29)20(2)22(30)28-13-9-10-14-28/h6-8,11-12,20H,5,9-10,13-19H2,1-4H3,(H,25,26). The molecule has 0 bridgehead atoms. The van der Waals surface area contributed by atoms with Gasteiger partial charge in [-0.15, -0.1) is 0 Å². The van der Waals surface area contributed by atoms with Crippen LogP contribution >= 0.6 is 0 Å². The molecule has 2 saturated heterocycles. The number of nitrogens with one attached hydrogen (secondary N) is 1. The van der Waals surface area contributed by atoms with Gasteiger partial charge in [-0.3, -0.25) is 14.7 Å². The lowest BCUT2D eigenvalue weighted by molar-refractivity contribution is -0.135. The second-order valence-electron chi connectivity index (χ2n) is 9.15. The molecule has 1 aromatic carbocycles. The van der Waals surface area contributed by atoms with Crippen molar-refractivity contribution in [3.8, 4) is 0 Å². The maximum Gasteiger partial charge on any atom is 0.239 e. The molecule has 1 amide bonds. The molecule has 2 aliphatic heterocycles. The third-order valence-electron chi connectivity index (χ3n) is 6.45. The molecule has 2 aliphatic rings. The largest absolute Gasteiger partial charge is 0.357 e. The topological polar surface area (TPSA) is 51.2 Å². The van der Waals surface area contributed by atoms with E-state index in [9.17, 15) is 4.79 Å². The Bertz CT molecular complexity index is 704. The predicted molar refractivity (Wildman–Crippen MR) is 124 cm³/mol. The Morgan fingerprint density at radius 1 is 1.03 bits per heavy atom. The molecule has 0 radical (unpaired) electrons. The summed E-state index contributed by atoms with van der Waals surface area (Å²) in [4.78, 5) is 24.4. The number of hydrogen-bond donors (Lipinski definition) is 1. The zero-order valence-electron chi connectivity index (χ0n) is 19.2. The van der Waals surface area contributed by atoms with Gasteiger partial charge in [0.05, 0.1) is 12.6 Å². The first kappa shape index (κ1) is 22.6. The average Bonchev–Trinajstić information content (AvgIpc) is 3.31. The van der Waals surface area contributed by atoms with Crippen molar-refractivity contribution in [3.63, 3.8) is 0 Å². The number of carbonyl (C=O) groups excluding carboxylic acids is 1. The Labute approximate surface area is 182 Å². The molecule has 1 aromatic rings. The van der Waals surface area contributed by atoms with E-state index in [4.69, 9.17) is 4.99 Å². The maximum atomic E-state index is 12.7. The molecule has 0 aromatic heterocycles. The average molecular weight is 414 g/mol. The van der Waals surface area contributed by atoms with Gasteiger partial charge >= 0.3 is 0 Å². The number of nitrogens with zero attached hydrogens (tertiary/aromatic N) is 4. The van der Waals surface area contributed by atoms with Crippen molar-refractivity contribution in [3.05, 3.63) is 35.9 Å². The second-order valence-corrected chi connectivity index (χ2v) is 9.15. The lowest BCUT2D eigenvalue weighted by Crippen LogP contribution is -2.57. The zero-order valence-corrected chi connectivity index (χ0v) is 19.2. The normalized spacial score (nSPS) is 19.8. The van der Waals surface area contributed by atoms with Gasteiger partial charge in [-0.25, -0.2) is 0 Å². The third-order valence-corrected chi connectivity index (χ3v) is 6.45. The van der Waals surface area contributed by atoms with Gasteiger partial charge in [-0.05, 0) is 32.3 Å². The first-order valence-corrected chi connectivity index (χ1v) is 11.5. The number of guanidine groups is 1. The highest BCUT2D eigenvalue weighted by Crippen LogP contribution is 2.23. The van der Waals surface area contributed by atoms with E-state index in [-0.39, 0.29) is 11.5 Å². The van der Waals surface area contributed by atoms with Crippen molar-refractivity contribution >= 4 is 11.9 Å². The van der Waals surface area contributed by atoms with E-state index in [1.807, 2.05) is 4.90 Å². The van der Waals surface area contributed by atoms with Crippen LogP contribution in [0, 0.1) is 0 Å². The Balaban J connectivity index is 1.58. The Morgan fingerprint density at radius 3 is 2.27 bits per heavy atom. The van der Waals surface area contributed by atoms with Crippen molar-refractivity contribution in [1.29, 1.82) is 0 Å². The molecule has 0 saturated carbocycles. The van der Waals surface area contributed by atoms with Crippen LogP contribution in [-0.4, -0.2) is 85.0 Å². The molecule has 3 rings (SSSR count). The Hall–Kier alpha value is -2.08.